The first kappa shape index (κ1) is 11.4. The molecule has 0 fully saturated rings. The van der Waals surface area contributed by atoms with Gasteiger partial charge in [0, 0.05) is 6.20 Å². The van der Waals surface area contributed by atoms with E-state index in [0.29, 0.717) is 6.61 Å². The lowest BCUT2D eigenvalue weighted by atomic mass is 10.3. The summed E-state index contributed by atoms with van der Waals surface area (Å²) >= 11 is 0. The number of pyridine rings is 1. The van der Waals surface area contributed by atoms with Gasteiger partial charge in [-0.1, -0.05) is 12.1 Å². The summed E-state index contributed by atoms with van der Waals surface area (Å²) in [6, 6.07) is 5.81. The molecule has 0 spiro atoms. The number of hydrogen-bond acceptors (Lipinski definition) is 3. The maximum atomic E-state index is 11.1. The lowest BCUT2D eigenvalue weighted by Crippen LogP contribution is -2.01. The summed E-state index contributed by atoms with van der Waals surface area (Å²) in [5, 5.41) is 0. The van der Waals surface area contributed by atoms with Crippen LogP contribution in [0.1, 0.15) is 19.0 Å². The van der Waals surface area contributed by atoms with Gasteiger partial charge in [0.2, 0.25) is 0 Å². The Morgan fingerprint density at radius 2 is 2.41 bits per heavy atom. The van der Waals surface area contributed by atoms with Crippen LogP contribution < -0.4 is 0 Å². The zero-order chi connectivity index (χ0) is 12.1. The van der Waals surface area contributed by atoms with Crippen LogP contribution in [0.5, 0.6) is 0 Å². The lowest BCUT2D eigenvalue weighted by Gasteiger charge is -1.97. The number of hydrogen-bond donors (Lipinski definition) is 0. The van der Waals surface area contributed by atoms with Crippen molar-refractivity contribution in [2.24, 2.45) is 0 Å². The predicted molar refractivity (Wildman–Crippen MR) is 65.5 cm³/mol. The smallest absolute Gasteiger partial charge is 0.309 e. The van der Waals surface area contributed by atoms with E-state index < -0.39 is 0 Å². The van der Waals surface area contributed by atoms with Crippen molar-refractivity contribution in [2.75, 3.05) is 6.61 Å². The second-order valence-electron chi connectivity index (χ2n) is 3.52. The molecule has 17 heavy (non-hydrogen) atoms. The fourth-order valence-electron chi connectivity index (χ4n) is 1.57. The maximum Gasteiger partial charge on any atom is 0.309 e. The second kappa shape index (κ2) is 5.30. The van der Waals surface area contributed by atoms with Crippen molar-refractivity contribution in [3.05, 3.63) is 42.4 Å². The molecule has 0 aliphatic rings. The van der Waals surface area contributed by atoms with Crippen LogP contribution in [0, 0.1) is 0 Å². The molecule has 88 valence electrons. The van der Waals surface area contributed by atoms with Gasteiger partial charge >= 0.3 is 5.97 Å². The first-order valence-electron chi connectivity index (χ1n) is 5.55. The van der Waals surface area contributed by atoms with Crippen LogP contribution in [-0.2, 0) is 9.53 Å². The van der Waals surface area contributed by atoms with Crippen LogP contribution in [-0.4, -0.2) is 22.0 Å². The Morgan fingerprint density at radius 1 is 1.53 bits per heavy atom. The van der Waals surface area contributed by atoms with E-state index in [-0.39, 0.29) is 12.4 Å². The quantitative estimate of drug-likeness (QED) is 0.757. The molecule has 0 saturated heterocycles. The van der Waals surface area contributed by atoms with Crippen LogP contribution in [0.25, 0.3) is 11.7 Å². The minimum absolute atomic E-state index is 0.211. The molecular formula is C13H14N2O2. The van der Waals surface area contributed by atoms with E-state index in [2.05, 4.69) is 4.98 Å². The summed E-state index contributed by atoms with van der Waals surface area (Å²) in [5.41, 5.74) is 1.84. The summed E-state index contributed by atoms with van der Waals surface area (Å²) in [5.74, 6) is -0.211. The van der Waals surface area contributed by atoms with E-state index in [1.54, 1.807) is 19.2 Å². The fraction of sp³-hybridized carbons (Fsp3) is 0.231. The Hall–Kier alpha value is -2.10. The second-order valence-corrected chi connectivity index (χ2v) is 3.52. The van der Waals surface area contributed by atoms with Gasteiger partial charge in [-0.05, 0) is 25.1 Å². The van der Waals surface area contributed by atoms with Gasteiger partial charge in [0.25, 0.3) is 0 Å². The molecule has 0 atom stereocenters. The van der Waals surface area contributed by atoms with Crippen molar-refractivity contribution >= 4 is 17.7 Å². The molecule has 0 radical (unpaired) electrons. The zero-order valence-electron chi connectivity index (χ0n) is 9.67. The van der Waals surface area contributed by atoms with Crippen LogP contribution in [0.2, 0.25) is 0 Å². The van der Waals surface area contributed by atoms with Crippen molar-refractivity contribution in [3.63, 3.8) is 0 Å². The number of imidazole rings is 1. The Labute approximate surface area is 99.5 Å². The molecule has 0 aromatic carbocycles. The third-order valence-electron chi connectivity index (χ3n) is 2.32. The predicted octanol–water partition coefficient (Wildman–Crippen LogP) is 2.30. The number of aromatic nitrogens is 2. The summed E-state index contributed by atoms with van der Waals surface area (Å²) in [6.07, 6.45) is 7.66. The molecule has 2 aromatic rings. The van der Waals surface area contributed by atoms with E-state index in [9.17, 15) is 4.79 Å². The highest BCUT2D eigenvalue weighted by Gasteiger charge is 1.99. The molecule has 0 unspecified atom stereocenters. The van der Waals surface area contributed by atoms with Crippen LogP contribution in [0.15, 0.2) is 36.7 Å². The van der Waals surface area contributed by atoms with E-state index in [1.165, 1.54) is 0 Å². The highest BCUT2D eigenvalue weighted by atomic mass is 16.5. The average Bonchev–Trinajstić information content (AvgIpc) is 2.73. The summed E-state index contributed by atoms with van der Waals surface area (Å²) in [6.45, 7) is 2.22. The first-order valence-corrected chi connectivity index (χ1v) is 5.55. The molecule has 0 aliphatic carbocycles. The minimum atomic E-state index is -0.211. The molecule has 4 heteroatoms. The van der Waals surface area contributed by atoms with Crippen molar-refractivity contribution in [1.82, 2.24) is 9.38 Å². The van der Waals surface area contributed by atoms with E-state index in [0.717, 1.165) is 11.3 Å². The Bertz CT molecular complexity index is 543. The highest BCUT2D eigenvalue weighted by molar-refractivity contribution is 5.72. The van der Waals surface area contributed by atoms with Gasteiger partial charge in [-0.2, -0.15) is 0 Å². The third-order valence-corrected chi connectivity index (χ3v) is 2.32. The number of ether oxygens (including phenoxy) is 1. The number of carbonyl (C=O) groups excluding carboxylic acids is 1. The van der Waals surface area contributed by atoms with Crippen LogP contribution in [0.4, 0.5) is 0 Å². The molecule has 0 N–H and O–H groups in total. The molecule has 4 nitrogen and oxygen atoms in total. The summed E-state index contributed by atoms with van der Waals surface area (Å²) in [7, 11) is 0. The molecular weight excluding hydrogens is 216 g/mol. The number of carbonyl (C=O) groups is 1. The molecule has 2 rings (SSSR count). The van der Waals surface area contributed by atoms with E-state index in [4.69, 9.17) is 4.74 Å². The normalized spacial score (nSPS) is 11.1. The fourth-order valence-corrected chi connectivity index (χ4v) is 1.57. The van der Waals surface area contributed by atoms with E-state index in [1.807, 2.05) is 34.9 Å². The Morgan fingerprint density at radius 3 is 3.24 bits per heavy atom. The van der Waals surface area contributed by atoms with Crippen molar-refractivity contribution in [1.29, 1.82) is 0 Å². The standard InChI is InChI=1S/C13H14N2O2/c1-2-17-13(16)8-5-6-11-10-14-12-7-3-4-9-15(11)12/h3-7,9-10H,2,8H2,1H3. The van der Waals surface area contributed by atoms with Crippen LogP contribution >= 0.6 is 0 Å². The van der Waals surface area contributed by atoms with Gasteiger partial charge < -0.3 is 9.14 Å². The molecule has 0 aliphatic heterocycles. The van der Waals surface area contributed by atoms with Gasteiger partial charge in [0.1, 0.15) is 5.65 Å². The first-order chi connectivity index (χ1) is 8.31. The maximum absolute atomic E-state index is 11.1. The highest BCUT2D eigenvalue weighted by Crippen LogP contribution is 2.08. The number of fused-ring (bicyclic) bond motifs is 1. The largest absolute Gasteiger partial charge is 0.466 e. The minimum Gasteiger partial charge on any atom is -0.466 e. The van der Waals surface area contributed by atoms with Gasteiger partial charge in [0.05, 0.1) is 24.9 Å². The number of nitrogens with zero attached hydrogens (tertiary/aromatic N) is 2. The van der Waals surface area contributed by atoms with Gasteiger partial charge in [-0.3, -0.25) is 4.79 Å². The van der Waals surface area contributed by atoms with Gasteiger partial charge in [-0.15, -0.1) is 0 Å². The van der Waals surface area contributed by atoms with Crippen LogP contribution in [0.3, 0.4) is 0 Å². The van der Waals surface area contributed by atoms with Crippen molar-refractivity contribution in [2.45, 2.75) is 13.3 Å². The van der Waals surface area contributed by atoms with E-state index >= 15 is 0 Å². The number of rotatable bonds is 4. The Kier molecular flexibility index (Phi) is 3.55. The van der Waals surface area contributed by atoms with Crippen molar-refractivity contribution < 1.29 is 9.53 Å². The molecule has 2 aromatic heterocycles. The molecule has 0 bridgehead atoms. The average molecular weight is 230 g/mol. The van der Waals surface area contributed by atoms with Gasteiger partial charge in [0.15, 0.2) is 0 Å². The SMILES string of the molecule is CCOC(=O)CC=Cc1cnc2ccccn12. The molecule has 0 saturated carbocycles. The zero-order valence-corrected chi connectivity index (χ0v) is 9.67. The summed E-state index contributed by atoms with van der Waals surface area (Å²) < 4.78 is 6.80. The monoisotopic (exact) mass is 230 g/mol. The number of esters is 1. The van der Waals surface area contributed by atoms with Crippen molar-refractivity contribution in [3.8, 4) is 0 Å². The molecule has 2 heterocycles. The molecule has 0 amide bonds. The Balaban J connectivity index is 2.08. The topological polar surface area (TPSA) is 43.6 Å². The lowest BCUT2D eigenvalue weighted by molar-refractivity contribution is -0.142. The third kappa shape index (κ3) is 2.72. The summed E-state index contributed by atoms with van der Waals surface area (Å²) in [4.78, 5) is 15.4. The van der Waals surface area contributed by atoms with Gasteiger partial charge in [-0.25, -0.2) is 4.98 Å².